The first kappa shape index (κ1) is 33.2. The molecule has 1 aliphatic rings. The van der Waals surface area contributed by atoms with Crippen LogP contribution in [0.15, 0.2) is 224 Å². The molecule has 0 fully saturated rings. The fraction of sp³-hybridized carbons (Fsp3) is 0. The molecular formula is C54H37NO. The van der Waals surface area contributed by atoms with Crippen molar-refractivity contribution in [2.45, 2.75) is 0 Å². The molecule has 0 aromatic heterocycles. The topological polar surface area (TPSA) is 12.5 Å². The second-order valence-corrected chi connectivity index (χ2v) is 14.2. The van der Waals surface area contributed by atoms with Gasteiger partial charge in [0.1, 0.15) is 11.5 Å². The van der Waals surface area contributed by atoms with Gasteiger partial charge in [0.05, 0.1) is 0 Å². The van der Waals surface area contributed by atoms with Crippen LogP contribution in [0.1, 0.15) is 0 Å². The minimum absolute atomic E-state index is 0.845. The molecule has 1 heterocycles. The normalized spacial score (nSPS) is 11.4. The van der Waals surface area contributed by atoms with Crippen LogP contribution in [0.4, 0.5) is 17.1 Å². The summed E-state index contributed by atoms with van der Waals surface area (Å²) in [6.07, 6.45) is 0. The number of hydrogen-bond acceptors (Lipinski definition) is 2. The molecule has 56 heavy (non-hydrogen) atoms. The molecule has 0 radical (unpaired) electrons. The van der Waals surface area contributed by atoms with E-state index in [-0.39, 0.29) is 0 Å². The zero-order valence-corrected chi connectivity index (χ0v) is 30.7. The Morgan fingerprint density at radius 1 is 0.232 bits per heavy atom. The summed E-state index contributed by atoms with van der Waals surface area (Å²) < 4.78 is 6.60. The van der Waals surface area contributed by atoms with Crippen molar-refractivity contribution < 1.29 is 4.74 Å². The van der Waals surface area contributed by atoms with Crippen LogP contribution in [-0.4, -0.2) is 0 Å². The van der Waals surface area contributed by atoms with E-state index in [1.165, 1.54) is 22.3 Å². The Balaban J connectivity index is 1.27. The third-order valence-corrected chi connectivity index (χ3v) is 10.6. The minimum atomic E-state index is 0.845. The van der Waals surface area contributed by atoms with Crippen molar-refractivity contribution in [1.29, 1.82) is 0 Å². The van der Waals surface area contributed by atoms with Crippen LogP contribution in [0.5, 0.6) is 11.5 Å². The lowest BCUT2D eigenvalue weighted by atomic mass is 9.92. The van der Waals surface area contributed by atoms with E-state index in [1.807, 2.05) is 12.1 Å². The smallest absolute Gasteiger partial charge is 0.135 e. The number of anilines is 3. The van der Waals surface area contributed by atoms with E-state index in [9.17, 15) is 0 Å². The maximum absolute atomic E-state index is 6.60. The van der Waals surface area contributed by atoms with Gasteiger partial charge in [0.15, 0.2) is 0 Å². The van der Waals surface area contributed by atoms with Crippen LogP contribution < -0.4 is 9.64 Å². The van der Waals surface area contributed by atoms with E-state index in [1.54, 1.807) is 0 Å². The molecule has 0 aliphatic carbocycles. The van der Waals surface area contributed by atoms with Gasteiger partial charge in [0.2, 0.25) is 0 Å². The van der Waals surface area contributed by atoms with Gasteiger partial charge in [-0.1, -0.05) is 164 Å². The third kappa shape index (κ3) is 6.34. The van der Waals surface area contributed by atoms with Crippen LogP contribution >= 0.6 is 0 Å². The van der Waals surface area contributed by atoms with Crippen molar-refractivity contribution >= 4 is 17.1 Å². The molecule has 2 heteroatoms. The summed E-state index contributed by atoms with van der Waals surface area (Å²) in [5.41, 5.74) is 16.8. The molecule has 2 nitrogen and oxygen atoms in total. The van der Waals surface area contributed by atoms with Crippen LogP contribution in [-0.2, 0) is 0 Å². The summed E-state index contributed by atoms with van der Waals surface area (Å²) in [7, 11) is 0. The van der Waals surface area contributed by atoms with Crippen molar-refractivity contribution in [3.05, 3.63) is 224 Å². The van der Waals surface area contributed by atoms with Gasteiger partial charge >= 0.3 is 0 Å². The fourth-order valence-corrected chi connectivity index (χ4v) is 7.92. The number of rotatable bonds is 7. The first-order chi connectivity index (χ1) is 27.7. The molecule has 0 atom stereocenters. The van der Waals surface area contributed by atoms with Gasteiger partial charge in [0, 0.05) is 28.2 Å². The summed E-state index contributed by atoms with van der Waals surface area (Å²) in [4.78, 5) is 2.43. The molecule has 1 aliphatic heterocycles. The predicted octanol–water partition coefficient (Wildman–Crippen LogP) is 15.3. The highest BCUT2D eigenvalue weighted by Crippen LogP contribution is 2.50. The third-order valence-electron chi connectivity index (χ3n) is 10.6. The van der Waals surface area contributed by atoms with Crippen LogP contribution in [0, 0.1) is 0 Å². The first-order valence-electron chi connectivity index (χ1n) is 19.1. The van der Waals surface area contributed by atoms with Gasteiger partial charge in [-0.25, -0.2) is 0 Å². The summed E-state index contributed by atoms with van der Waals surface area (Å²) in [5.74, 6) is 1.70. The maximum Gasteiger partial charge on any atom is 0.135 e. The second-order valence-electron chi connectivity index (χ2n) is 14.2. The molecular weight excluding hydrogens is 679 g/mol. The molecule has 9 aromatic carbocycles. The van der Waals surface area contributed by atoms with Crippen LogP contribution in [0.3, 0.4) is 0 Å². The van der Waals surface area contributed by atoms with Crippen molar-refractivity contribution in [3.63, 3.8) is 0 Å². The number of hydrogen-bond donors (Lipinski definition) is 0. The Morgan fingerprint density at radius 3 is 1.00 bits per heavy atom. The zero-order valence-electron chi connectivity index (χ0n) is 30.7. The summed E-state index contributed by atoms with van der Waals surface area (Å²) in [5, 5.41) is 0. The highest BCUT2D eigenvalue weighted by Gasteiger charge is 2.24. The van der Waals surface area contributed by atoms with Crippen molar-refractivity contribution in [3.8, 4) is 78.3 Å². The number of ether oxygens (including phenoxy) is 1. The Kier molecular flexibility index (Phi) is 8.55. The average Bonchev–Trinajstić information content (AvgIpc) is 3.42. The molecule has 0 saturated heterocycles. The average molecular weight is 716 g/mol. The summed E-state index contributed by atoms with van der Waals surface area (Å²) in [6.45, 7) is 0. The number of para-hydroxylation sites is 2. The highest BCUT2D eigenvalue weighted by atomic mass is 16.5. The number of nitrogens with zero attached hydrogens (tertiary/aromatic N) is 1. The number of fused-ring (bicyclic) bond motifs is 5. The standard InChI is InChI=1S/C54H37NO/c1-5-17-38(18-6-1)42-31-43(39-19-7-2-8-20-39)34-47(33-42)55(48-35-44(40-21-9-3-10-22-40)32-45(36-48)41-23-11-4-12-24-41)46-29-30-49-50-25-13-15-27-53(50)56-54-28-16-14-26-51(54)52(49)37-46/h1-37H. The summed E-state index contributed by atoms with van der Waals surface area (Å²) in [6, 6.07) is 80.3. The van der Waals surface area contributed by atoms with E-state index >= 15 is 0 Å². The van der Waals surface area contributed by atoms with E-state index in [2.05, 4.69) is 217 Å². The maximum atomic E-state index is 6.60. The van der Waals surface area contributed by atoms with E-state index in [0.717, 1.165) is 73.1 Å². The van der Waals surface area contributed by atoms with Crippen LogP contribution in [0.2, 0.25) is 0 Å². The van der Waals surface area contributed by atoms with Gasteiger partial charge < -0.3 is 9.64 Å². The van der Waals surface area contributed by atoms with Gasteiger partial charge in [-0.3, -0.25) is 0 Å². The van der Waals surface area contributed by atoms with Gasteiger partial charge in [-0.2, -0.15) is 0 Å². The summed E-state index contributed by atoms with van der Waals surface area (Å²) >= 11 is 0. The van der Waals surface area contributed by atoms with Crippen molar-refractivity contribution in [1.82, 2.24) is 0 Å². The monoisotopic (exact) mass is 715 g/mol. The molecule has 0 bridgehead atoms. The van der Waals surface area contributed by atoms with E-state index in [4.69, 9.17) is 4.74 Å². The number of benzene rings is 9. The molecule has 10 rings (SSSR count). The van der Waals surface area contributed by atoms with Gasteiger partial charge in [-0.05, 0) is 116 Å². The second kappa shape index (κ2) is 14.4. The quantitative estimate of drug-likeness (QED) is 0.163. The van der Waals surface area contributed by atoms with Gasteiger partial charge in [0.25, 0.3) is 0 Å². The molecule has 0 spiro atoms. The highest BCUT2D eigenvalue weighted by molar-refractivity contribution is 5.95. The molecule has 0 unspecified atom stereocenters. The minimum Gasteiger partial charge on any atom is -0.456 e. The lowest BCUT2D eigenvalue weighted by Gasteiger charge is -2.29. The first-order valence-corrected chi connectivity index (χ1v) is 19.1. The van der Waals surface area contributed by atoms with Gasteiger partial charge in [-0.15, -0.1) is 0 Å². The molecule has 264 valence electrons. The molecule has 0 N–H and O–H groups in total. The molecule has 9 aromatic rings. The Bertz CT molecular complexity index is 2570. The Hall–Kier alpha value is -7.42. The lowest BCUT2D eigenvalue weighted by molar-refractivity contribution is 0.488. The Morgan fingerprint density at radius 2 is 0.589 bits per heavy atom. The fourth-order valence-electron chi connectivity index (χ4n) is 7.92. The van der Waals surface area contributed by atoms with E-state index in [0.29, 0.717) is 0 Å². The Labute approximate surface area is 328 Å². The molecule has 0 saturated carbocycles. The largest absolute Gasteiger partial charge is 0.456 e. The van der Waals surface area contributed by atoms with Crippen molar-refractivity contribution in [2.75, 3.05) is 4.90 Å². The zero-order chi connectivity index (χ0) is 37.3. The SMILES string of the molecule is c1ccc(-c2cc(-c3ccccc3)cc(N(c3cc(-c4ccccc4)cc(-c4ccccc4)c3)c3ccc4c(c3)-c3ccccc3Oc3ccccc3-4)c2)cc1. The lowest BCUT2D eigenvalue weighted by Crippen LogP contribution is -2.11. The predicted molar refractivity (Wildman–Crippen MR) is 234 cm³/mol. The van der Waals surface area contributed by atoms with Crippen molar-refractivity contribution in [2.24, 2.45) is 0 Å². The van der Waals surface area contributed by atoms with E-state index < -0.39 is 0 Å². The molecule has 0 amide bonds. The van der Waals surface area contributed by atoms with Crippen LogP contribution in [0.25, 0.3) is 66.8 Å².